The zero-order chi connectivity index (χ0) is 29.1. The van der Waals surface area contributed by atoms with Crippen molar-refractivity contribution in [1.29, 1.82) is 0 Å². The summed E-state index contributed by atoms with van der Waals surface area (Å²) in [6.07, 6.45) is 0. The molecule has 3 amide bonds. The Bertz CT molecular complexity index is 1520. The predicted octanol–water partition coefficient (Wildman–Crippen LogP) is 4.44. The second-order valence-corrected chi connectivity index (χ2v) is 10.8. The number of amides is 3. The first-order valence-electron chi connectivity index (χ1n) is 13.5. The molecular formula is C31H33ClN6O3. The first-order chi connectivity index (χ1) is 19.7. The summed E-state index contributed by atoms with van der Waals surface area (Å²) >= 11 is 6.18. The maximum Gasteiger partial charge on any atom is 0.258 e. The topological polar surface area (TPSA) is 97.0 Å². The normalized spacial score (nSPS) is 16.5. The number of hydrogen-bond acceptors (Lipinski definition) is 6. The Morgan fingerprint density at radius 1 is 0.976 bits per heavy atom. The molecule has 0 bridgehead atoms. The Morgan fingerprint density at radius 2 is 1.71 bits per heavy atom. The molecule has 5 rings (SSSR count). The van der Waals surface area contributed by atoms with Crippen LogP contribution in [0, 0.1) is 0 Å². The van der Waals surface area contributed by atoms with E-state index in [1.807, 2.05) is 42.5 Å². The molecule has 41 heavy (non-hydrogen) atoms. The standard InChI is InChI=1S/C31H33ClN6O3/c1-20(39)33-26-18-23(10-12-27(26)37(3)28(40)19-38-15-13-36(2)14-16-38)34-30(21-7-5-4-6-8-21)29-24-11-9-22(32)17-25(24)35-31(29)41/h4-12,17-18,34H,13-16,19H2,1-3H3,(H,33,39)(H,35,41). The van der Waals surface area contributed by atoms with Gasteiger partial charge in [-0.2, -0.15) is 0 Å². The van der Waals surface area contributed by atoms with Crippen molar-refractivity contribution < 1.29 is 14.4 Å². The molecule has 1 fully saturated rings. The summed E-state index contributed by atoms with van der Waals surface area (Å²) in [7, 11) is 3.79. The summed E-state index contributed by atoms with van der Waals surface area (Å²) < 4.78 is 0. The van der Waals surface area contributed by atoms with Gasteiger partial charge in [-0.05, 0) is 42.9 Å². The molecule has 2 heterocycles. The third kappa shape index (κ3) is 6.43. The molecule has 3 aromatic carbocycles. The van der Waals surface area contributed by atoms with Crippen LogP contribution >= 0.6 is 11.6 Å². The van der Waals surface area contributed by atoms with E-state index in [1.165, 1.54) is 6.92 Å². The molecule has 0 radical (unpaired) electrons. The van der Waals surface area contributed by atoms with Gasteiger partial charge in [-0.25, -0.2) is 0 Å². The zero-order valence-electron chi connectivity index (χ0n) is 23.3. The molecule has 0 atom stereocenters. The van der Waals surface area contributed by atoms with E-state index in [9.17, 15) is 14.4 Å². The SMILES string of the molecule is CC(=O)Nc1cc(NC(=C2C(=O)Nc3cc(Cl)ccc32)c2ccccc2)ccc1N(C)C(=O)CN1CCN(C)CC1. The molecule has 0 unspecified atom stereocenters. The molecule has 10 heteroatoms. The first-order valence-corrected chi connectivity index (χ1v) is 13.8. The Kier molecular flexibility index (Phi) is 8.39. The lowest BCUT2D eigenvalue weighted by Crippen LogP contribution is -2.48. The Hall–Kier alpha value is -4.18. The van der Waals surface area contributed by atoms with Crippen LogP contribution in [0.5, 0.6) is 0 Å². The van der Waals surface area contributed by atoms with E-state index in [0.717, 1.165) is 37.3 Å². The van der Waals surface area contributed by atoms with Crippen molar-refractivity contribution in [3.8, 4) is 0 Å². The number of halogens is 1. The number of fused-ring (bicyclic) bond motifs is 1. The van der Waals surface area contributed by atoms with Crippen molar-refractivity contribution in [2.75, 3.05) is 67.7 Å². The van der Waals surface area contributed by atoms with Gasteiger partial charge in [-0.3, -0.25) is 19.3 Å². The molecule has 2 aliphatic rings. The number of benzene rings is 3. The van der Waals surface area contributed by atoms with Crippen LogP contribution in [0.25, 0.3) is 11.3 Å². The fourth-order valence-electron chi connectivity index (χ4n) is 5.06. The van der Waals surface area contributed by atoms with Crippen LogP contribution in [0.1, 0.15) is 18.1 Å². The summed E-state index contributed by atoms with van der Waals surface area (Å²) in [6, 6.07) is 20.3. The molecular weight excluding hydrogens is 540 g/mol. The van der Waals surface area contributed by atoms with Crippen molar-refractivity contribution in [3.05, 3.63) is 82.9 Å². The molecule has 0 aromatic heterocycles. The fourth-order valence-corrected chi connectivity index (χ4v) is 5.23. The van der Waals surface area contributed by atoms with E-state index in [1.54, 1.807) is 36.2 Å². The molecule has 212 valence electrons. The van der Waals surface area contributed by atoms with Gasteiger partial charge in [0.25, 0.3) is 5.91 Å². The summed E-state index contributed by atoms with van der Waals surface area (Å²) in [6.45, 7) is 5.23. The highest BCUT2D eigenvalue weighted by Gasteiger charge is 2.29. The van der Waals surface area contributed by atoms with Crippen LogP contribution in [0.3, 0.4) is 0 Å². The number of anilines is 4. The summed E-state index contributed by atoms with van der Waals surface area (Å²) in [5.74, 6) is -0.570. The minimum Gasteiger partial charge on any atom is -0.354 e. The van der Waals surface area contributed by atoms with Crippen LogP contribution in [-0.2, 0) is 14.4 Å². The second kappa shape index (κ2) is 12.1. The van der Waals surface area contributed by atoms with Gasteiger partial charge in [0.15, 0.2) is 0 Å². The van der Waals surface area contributed by atoms with E-state index in [-0.39, 0.29) is 17.7 Å². The van der Waals surface area contributed by atoms with E-state index in [0.29, 0.717) is 45.6 Å². The van der Waals surface area contributed by atoms with E-state index < -0.39 is 0 Å². The van der Waals surface area contributed by atoms with Gasteiger partial charge >= 0.3 is 0 Å². The van der Waals surface area contributed by atoms with Crippen molar-refractivity contribution in [3.63, 3.8) is 0 Å². The van der Waals surface area contributed by atoms with Crippen LogP contribution < -0.4 is 20.9 Å². The maximum absolute atomic E-state index is 13.2. The highest BCUT2D eigenvalue weighted by atomic mass is 35.5. The Morgan fingerprint density at radius 3 is 2.41 bits per heavy atom. The minimum absolute atomic E-state index is 0.0631. The molecule has 9 nitrogen and oxygen atoms in total. The van der Waals surface area contributed by atoms with Crippen molar-refractivity contribution in [2.24, 2.45) is 0 Å². The molecule has 2 aliphatic heterocycles. The maximum atomic E-state index is 13.2. The number of carbonyl (C=O) groups excluding carboxylic acids is 3. The Balaban J connectivity index is 1.49. The third-order valence-corrected chi connectivity index (χ3v) is 7.54. The monoisotopic (exact) mass is 572 g/mol. The quantitative estimate of drug-likeness (QED) is 0.362. The predicted molar refractivity (Wildman–Crippen MR) is 165 cm³/mol. The molecule has 0 aliphatic carbocycles. The largest absolute Gasteiger partial charge is 0.354 e. The molecule has 0 spiro atoms. The van der Waals surface area contributed by atoms with E-state index in [2.05, 4.69) is 32.8 Å². The number of rotatable bonds is 7. The van der Waals surface area contributed by atoms with Gasteiger partial charge in [0.2, 0.25) is 11.8 Å². The third-order valence-electron chi connectivity index (χ3n) is 7.31. The number of piperazine rings is 1. The van der Waals surface area contributed by atoms with Gasteiger partial charge < -0.3 is 25.8 Å². The van der Waals surface area contributed by atoms with Gasteiger partial charge in [0.05, 0.1) is 34.9 Å². The van der Waals surface area contributed by atoms with Crippen LogP contribution in [0.2, 0.25) is 5.02 Å². The molecule has 1 saturated heterocycles. The average Bonchev–Trinajstić information content (AvgIpc) is 3.27. The van der Waals surface area contributed by atoms with Gasteiger partial charge in [0, 0.05) is 56.4 Å². The minimum atomic E-state index is -0.258. The smallest absolute Gasteiger partial charge is 0.258 e. The highest BCUT2D eigenvalue weighted by molar-refractivity contribution is 6.38. The Labute approximate surface area is 244 Å². The van der Waals surface area contributed by atoms with Crippen molar-refractivity contribution in [2.45, 2.75) is 6.92 Å². The number of likely N-dealkylation sites (N-methyl/N-ethyl adjacent to an activating group) is 2. The van der Waals surface area contributed by atoms with E-state index >= 15 is 0 Å². The number of carbonyl (C=O) groups is 3. The summed E-state index contributed by atoms with van der Waals surface area (Å²) in [5, 5.41) is 9.72. The summed E-state index contributed by atoms with van der Waals surface area (Å²) in [4.78, 5) is 44.5. The lowest BCUT2D eigenvalue weighted by Gasteiger charge is -2.33. The first kappa shape index (κ1) is 28.4. The lowest BCUT2D eigenvalue weighted by molar-refractivity contribution is -0.120. The highest BCUT2D eigenvalue weighted by Crippen LogP contribution is 2.39. The van der Waals surface area contributed by atoms with Gasteiger partial charge in [-0.15, -0.1) is 0 Å². The lowest BCUT2D eigenvalue weighted by atomic mass is 10.00. The number of hydrogen-bond donors (Lipinski definition) is 3. The van der Waals surface area contributed by atoms with Gasteiger partial charge in [-0.1, -0.05) is 48.0 Å². The molecule has 3 aromatic rings. The van der Waals surface area contributed by atoms with Crippen LogP contribution in [0.15, 0.2) is 66.7 Å². The van der Waals surface area contributed by atoms with Gasteiger partial charge in [0.1, 0.15) is 0 Å². The fraction of sp³-hybridized carbons (Fsp3) is 0.258. The second-order valence-electron chi connectivity index (χ2n) is 10.3. The van der Waals surface area contributed by atoms with Crippen molar-refractivity contribution in [1.82, 2.24) is 9.80 Å². The molecule has 3 N–H and O–H groups in total. The number of nitrogens with one attached hydrogen (secondary N) is 3. The van der Waals surface area contributed by atoms with Crippen LogP contribution in [0.4, 0.5) is 22.7 Å². The zero-order valence-corrected chi connectivity index (χ0v) is 24.1. The van der Waals surface area contributed by atoms with Crippen molar-refractivity contribution >= 4 is 63.3 Å². The van der Waals surface area contributed by atoms with E-state index in [4.69, 9.17) is 11.6 Å². The van der Waals surface area contributed by atoms with Crippen LogP contribution in [-0.4, -0.2) is 74.3 Å². The summed E-state index contributed by atoms with van der Waals surface area (Å²) in [5.41, 5.74) is 4.97. The molecule has 0 saturated carbocycles. The number of nitrogens with zero attached hydrogens (tertiary/aromatic N) is 3. The average molecular weight is 573 g/mol.